The van der Waals surface area contributed by atoms with E-state index in [2.05, 4.69) is 10.1 Å². The van der Waals surface area contributed by atoms with Gasteiger partial charge in [0.2, 0.25) is 0 Å². The number of hydrogen-bond acceptors (Lipinski definition) is 3. The molecule has 0 radical (unpaired) electrons. The number of methoxy groups -OCH3 is 1. The lowest BCUT2D eigenvalue weighted by atomic mass is 10.0. The molecule has 4 nitrogen and oxygen atoms in total. The minimum atomic E-state index is -1.34. The van der Waals surface area contributed by atoms with Crippen molar-refractivity contribution >= 4 is 11.9 Å². The van der Waals surface area contributed by atoms with Crippen LogP contribution in [-0.4, -0.2) is 25.0 Å². The first-order valence-corrected chi connectivity index (χ1v) is 5.81. The summed E-state index contributed by atoms with van der Waals surface area (Å²) in [5.74, 6) is -6.05. The minimum Gasteiger partial charge on any atom is -0.467 e. The molecular weight excluding hydrogens is 275 g/mol. The molecule has 7 heteroatoms. The standard InChI is InChI=1S/C13H14F3NO3/c1-6(2)11(13(19)20-3)17-12(18)10-8(15)4-7(14)5-9(10)16/h4-6,11H,1-3H3,(H,17,18)/t11-/m1/s1. The fourth-order valence-corrected chi connectivity index (χ4v) is 1.60. The molecule has 0 aliphatic carbocycles. The van der Waals surface area contributed by atoms with Crippen LogP contribution in [0.15, 0.2) is 12.1 Å². The van der Waals surface area contributed by atoms with E-state index >= 15 is 0 Å². The summed E-state index contributed by atoms with van der Waals surface area (Å²) in [5.41, 5.74) is -0.944. The molecule has 0 saturated carbocycles. The highest BCUT2D eigenvalue weighted by atomic mass is 19.1. The van der Waals surface area contributed by atoms with E-state index in [4.69, 9.17) is 0 Å². The number of carbonyl (C=O) groups is 2. The Labute approximate surface area is 113 Å². The number of hydrogen-bond donors (Lipinski definition) is 1. The van der Waals surface area contributed by atoms with Gasteiger partial charge in [0.15, 0.2) is 0 Å². The van der Waals surface area contributed by atoms with Crippen LogP contribution in [0, 0.1) is 23.4 Å². The predicted octanol–water partition coefficient (Wildman–Crippen LogP) is 2.03. The minimum absolute atomic E-state index is 0.349. The average Bonchev–Trinajstić information content (AvgIpc) is 2.33. The summed E-state index contributed by atoms with van der Waals surface area (Å²) in [7, 11) is 1.13. The summed E-state index contributed by atoms with van der Waals surface area (Å²) in [6.07, 6.45) is 0. The molecule has 0 spiro atoms. The van der Waals surface area contributed by atoms with E-state index in [0.29, 0.717) is 12.1 Å². The van der Waals surface area contributed by atoms with Crippen LogP contribution in [0.1, 0.15) is 24.2 Å². The van der Waals surface area contributed by atoms with Crippen LogP contribution in [0.25, 0.3) is 0 Å². The molecule has 1 amide bonds. The zero-order chi connectivity index (χ0) is 15.4. The Hall–Kier alpha value is -2.05. The van der Waals surface area contributed by atoms with Crippen LogP contribution in [0.2, 0.25) is 0 Å². The molecule has 110 valence electrons. The number of rotatable bonds is 4. The maximum atomic E-state index is 13.4. The van der Waals surface area contributed by atoms with Crippen molar-refractivity contribution in [2.75, 3.05) is 7.11 Å². The van der Waals surface area contributed by atoms with Crippen molar-refractivity contribution in [3.63, 3.8) is 0 Å². The predicted molar refractivity (Wildman–Crippen MR) is 64.4 cm³/mol. The topological polar surface area (TPSA) is 55.4 Å². The zero-order valence-electron chi connectivity index (χ0n) is 11.2. The van der Waals surface area contributed by atoms with Gasteiger partial charge in [0, 0.05) is 12.1 Å². The maximum Gasteiger partial charge on any atom is 0.328 e. The summed E-state index contributed by atoms with van der Waals surface area (Å²) in [4.78, 5) is 23.3. The fourth-order valence-electron chi connectivity index (χ4n) is 1.60. The highest BCUT2D eigenvalue weighted by Gasteiger charge is 2.28. The van der Waals surface area contributed by atoms with Crippen LogP contribution in [-0.2, 0) is 9.53 Å². The summed E-state index contributed by atoms with van der Waals surface area (Å²) in [5, 5.41) is 2.17. The molecule has 1 N–H and O–H groups in total. The molecule has 0 saturated heterocycles. The monoisotopic (exact) mass is 289 g/mol. The van der Waals surface area contributed by atoms with Crippen molar-refractivity contribution in [1.29, 1.82) is 0 Å². The van der Waals surface area contributed by atoms with E-state index < -0.39 is 40.9 Å². The van der Waals surface area contributed by atoms with Gasteiger partial charge in [-0.1, -0.05) is 13.8 Å². The van der Waals surface area contributed by atoms with Gasteiger partial charge in [-0.05, 0) is 5.92 Å². The lowest BCUT2D eigenvalue weighted by Gasteiger charge is -2.20. The van der Waals surface area contributed by atoms with Gasteiger partial charge in [-0.25, -0.2) is 18.0 Å². The Balaban J connectivity index is 3.04. The first-order chi connectivity index (χ1) is 9.27. The molecule has 0 aliphatic rings. The summed E-state index contributed by atoms with van der Waals surface area (Å²) in [6, 6.07) is -0.280. The molecule has 0 fully saturated rings. The van der Waals surface area contributed by atoms with E-state index in [-0.39, 0.29) is 5.92 Å². The second-order valence-corrected chi connectivity index (χ2v) is 4.46. The second-order valence-electron chi connectivity index (χ2n) is 4.46. The zero-order valence-corrected chi connectivity index (χ0v) is 11.2. The molecule has 20 heavy (non-hydrogen) atoms. The van der Waals surface area contributed by atoms with Crippen molar-refractivity contribution in [2.24, 2.45) is 5.92 Å². The van der Waals surface area contributed by atoms with Gasteiger partial charge in [-0.2, -0.15) is 0 Å². The Morgan fingerprint density at radius 1 is 1.15 bits per heavy atom. The SMILES string of the molecule is COC(=O)[C@H](NC(=O)c1c(F)cc(F)cc1F)C(C)C. The van der Waals surface area contributed by atoms with Crippen LogP contribution < -0.4 is 5.32 Å². The van der Waals surface area contributed by atoms with Crippen LogP contribution in [0.4, 0.5) is 13.2 Å². The first-order valence-electron chi connectivity index (χ1n) is 5.81. The Morgan fingerprint density at radius 2 is 1.65 bits per heavy atom. The molecule has 0 unspecified atom stereocenters. The number of carbonyl (C=O) groups excluding carboxylic acids is 2. The Bertz CT molecular complexity index is 509. The van der Waals surface area contributed by atoms with Crippen molar-refractivity contribution in [2.45, 2.75) is 19.9 Å². The average molecular weight is 289 g/mol. The van der Waals surface area contributed by atoms with E-state index in [9.17, 15) is 22.8 Å². The van der Waals surface area contributed by atoms with Crippen LogP contribution in [0.5, 0.6) is 0 Å². The van der Waals surface area contributed by atoms with Crippen LogP contribution in [0.3, 0.4) is 0 Å². The number of benzene rings is 1. The highest BCUT2D eigenvalue weighted by Crippen LogP contribution is 2.15. The molecule has 1 rings (SSSR count). The largest absolute Gasteiger partial charge is 0.467 e. The third-order valence-corrected chi connectivity index (χ3v) is 2.64. The lowest BCUT2D eigenvalue weighted by molar-refractivity contribution is -0.144. The number of nitrogens with one attached hydrogen (secondary N) is 1. The molecule has 0 bridgehead atoms. The van der Waals surface area contributed by atoms with Gasteiger partial charge >= 0.3 is 5.97 Å². The fraction of sp³-hybridized carbons (Fsp3) is 0.385. The van der Waals surface area contributed by atoms with Gasteiger partial charge in [-0.3, -0.25) is 4.79 Å². The molecule has 0 aromatic heterocycles. The second kappa shape index (κ2) is 6.40. The molecule has 1 atom stereocenters. The smallest absolute Gasteiger partial charge is 0.328 e. The van der Waals surface area contributed by atoms with E-state index in [1.165, 1.54) is 0 Å². The van der Waals surface area contributed by atoms with Gasteiger partial charge in [0.05, 0.1) is 7.11 Å². The number of amides is 1. The first kappa shape index (κ1) is 16.0. The summed E-state index contributed by atoms with van der Waals surface area (Å²) < 4.78 is 44.1. The van der Waals surface area contributed by atoms with Gasteiger partial charge in [-0.15, -0.1) is 0 Å². The quantitative estimate of drug-likeness (QED) is 0.863. The van der Waals surface area contributed by atoms with Gasteiger partial charge < -0.3 is 10.1 Å². The third kappa shape index (κ3) is 3.49. The van der Waals surface area contributed by atoms with Crippen LogP contribution >= 0.6 is 0 Å². The lowest BCUT2D eigenvalue weighted by Crippen LogP contribution is -2.45. The van der Waals surface area contributed by atoms with Crippen molar-refractivity contribution in [3.05, 3.63) is 35.1 Å². The molecule has 1 aromatic carbocycles. The Morgan fingerprint density at radius 3 is 2.05 bits per heavy atom. The highest BCUT2D eigenvalue weighted by molar-refractivity contribution is 5.97. The molecule has 0 heterocycles. The van der Waals surface area contributed by atoms with Crippen molar-refractivity contribution in [1.82, 2.24) is 5.32 Å². The number of esters is 1. The number of ether oxygens (including phenoxy) is 1. The van der Waals surface area contributed by atoms with E-state index in [0.717, 1.165) is 7.11 Å². The molecular formula is C13H14F3NO3. The summed E-state index contributed by atoms with van der Waals surface area (Å²) >= 11 is 0. The van der Waals surface area contributed by atoms with E-state index in [1.54, 1.807) is 13.8 Å². The Kier molecular flexibility index (Phi) is 5.12. The van der Waals surface area contributed by atoms with E-state index in [1.807, 2.05) is 0 Å². The normalized spacial score (nSPS) is 12.2. The molecule has 1 aromatic rings. The van der Waals surface area contributed by atoms with Crippen molar-refractivity contribution < 1.29 is 27.5 Å². The number of halogens is 3. The van der Waals surface area contributed by atoms with Crippen molar-refractivity contribution in [3.8, 4) is 0 Å². The molecule has 0 aliphatic heterocycles. The van der Waals surface area contributed by atoms with Gasteiger partial charge in [0.1, 0.15) is 29.1 Å². The maximum absolute atomic E-state index is 13.4. The van der Waals surface area contributed by atoms with Gasteiger partial charge in [0.25, 0.3) is 5.91 Å². The third-order valence-electron chi connectivity index (χ3n) is 2.64. The summed E-state index contributed by atoms with van der Waals surface area (Å²) in [6.45, 7) is 3.25.